The molecular weight excluding hydrogens is 542 g/mol. The van der Waals surface area contributed by atoms with Crippen LogP contribution < -0.4 is 10.0 Å². The summed E-state index contributed by atoms with van der Waals surface area (Å²) in [5.41, 5.74) is 1.44. The van der Waals surface area contributed by atoms with E-state index in [0.29, 0.717) is 17.2 Å². The first kappa shape index (κ1) is 23.7. The number of sulfonamides is 1. The number of aromatic nitrogens is 3. The van der Waals surface area contributed by atoms with E-state index >= 15 is 0 Å². The van der Waals surface area contributed by atoms with Crippen LogP contribution in [0.1, 0.15) is 16.2 Å². The van der Waals surface area contributed by atoms with Crippen molar-refractivity contribution in [3.63, 3.8) is 0 Å². The van der Waals surface area contributed by atoms with E-state index in [1.807, 2.05) is 48.5 Å². The Morgan fingerprint density at radius 2 is 1.67 bits per heavy atom. The highest BCUT2D eigenvalue weighted by Crippen LogP contribution is 2.22. The number of halogens is 1. The van der Waals surface area contributed by atoms with Gasteiger partial charge in [0.2, 0.25) is 0 Å². The average Bonchev–Trinajstić information content (AvgIpc) is 3.36. The average molecular weight is 562 g/mol. The number of nitrogens with zero attached hydrogens (tertiary/aromatic N) is 2. The van der Waals surface area contributed by atoms with Gasteiger partial charge in [-0.2, -0.15) is 5.10 Å². The lowest BCUT2D eigenvalue weighted by Gasteiger charge is -2.10. The number of carbonyl (C=O) groups is 1. The minimum absolute atomic E-state index is 0.134. The highest BCUT2D eigenvalue weighted by molar-refractivity contribution is 9.10. The van der Waals surface area contributed by atoms with Gasteiger partial charge in [0.15, 0.2) is 5.82 Å². The van der Waals surface area contributed by atoms with Crippen molar-refractivity contribution >= 4 is 48.3 Å². The van der Waals surface area contributed by atoms with Crippen molar-refractivity contribution in [2.45, 2.75) is 11.4 Å². The number of H-pyrrole nitrogens is 1. The zero-order valence-corrected chi connectivity index (χ0v) is 21.2. The molecule has 10 heteroatoms. The largest absolute Gasteiger partial charge is 0.345 e. The smallest absolute Gasteiger partial charge is 0.261 e. The first-order valence-corrected chi connectivity index (χ1v) is 13.2. The van der Waals surface area contributed by atoms with Crippen molar-refractivity contribution in [3.05, 3.63) is 107 Å². The molecule has 0 unspecified atom stereocenters. The molecule has 0 aliphatic heterocycles. The molecule has 180 valence electrons. The molecule has 0 aliphatic rings. The maximum atomic E-state index is 12.9. The molecule has 0 spiro atoms. The molecule has 4 aromatic carbocycles. The number of aromatic amines is 1. The number of hydrogen-bond acceptors (Lipinski definition) is 5. The van der Waals surface area contributed by atoms with Crippen LogP contribution in [0, 0.1) is 0 Å². The summed E-state index contributed by atoms with van der Waals surface area (Å²) in [7, 11) is -3.84. The predicted octanol–water partition coefficient (Wildman–Crippen LogP) is 5.12. The van der Waals surface area contributed by atoms with Gasteiger partial charge in [-0.05, 0) is 53.2 Å². The highest BCUT2D eigenvalue weighted by Gasteiger charge is 2.16. The van der Waals surface area contributed by atoms with Crippen molar-refractivity contribution in [1.29, 1.82) is 0 Å². The second-order valence-electron chi connectivity index (χ2n) is 7.99. The summed E-state index contributed by atoms with van der Waals surface area (Å²) in [6, 6.07) is 26.3. The first-order valence-electron chi connectivity index (χ1n) is 10.9. The molecule has 36 heavy (non-hydrogen) atoms. The van der Waals surface area contributed by atoms with E-state index < -0.39 is 10.0 Å². The van der Waals surface area contributed by atoms with E-state index in [9.17, 15) is 13.2 Å². The van der Waals surface area contributed by atoms with Crippen LogP contribution in [0.4, 0.5) is 5.69 Å². The molecule has 1 heterocycles. The van der Waals surface area contributed by atoms with Gasteiger partial charge in [0.05, 0.1) is 11.4 Å². The van der Waals surface area contributed by atoms with E-state index in [2.05, 4.69) is 41.2 Å². The molecule has 0 atom stereocenters. The molecule has 3 N–H and O–H groups in total. The third-order valence-corrected chi connectivity index (χ3v) is 7.37. The number of amides is 1. The molecule has 0 fully saturated rings. The van der Waals surface area contributed by atoms with Crippen molar-refractivity contribution in [2.75, 3.05) is 4.72 Å². The Kier molecular flexibility index (Phi) is 6.53. The van der Waals surface area contributed by atoms with Crippen LogP contribution in [0.15, 0.2) is 100 Å². The first-order chi connectivity index (χ1) is 17.4. The third-order valence-electron chi connectivity index (χ3n) is 5.46. The van der Waals surface area contributed by atoms with E-state index in [-0.39, 0.29) is 23.0 Å². The van der Waals surface area contributed by atoms with E-state index in [4.69, 9.17) is 0 Å². The molecule has 1 amide bonds. The number of hydrogen-bond donors (Lipinski definition) is 3. The van der Waals surface area contributed by atoms with Gasteiger partial charge in [0, 0.05) is 21.3 Å². The Morgan fingerprint density at radius 3 is 2.47 bits per heavy atom. The molecular formula is C26H20BrN5O3S. The van der Waals surface area contributed by atoms with Gasteiger partial charge in [-0.15, -0.1) is 0 Å². The molecule has 5 rings (SSSR count). The molecule has 0 saturated carbocycles. The van der Waals surface area contributed by atoms with Crippen LogP contribution in [0.2, 0.25) is 0 Å². The maximum Gasteiger partial charge on any atom is 0.261 e. The monoisotopic (exact) mass is 561 g/mol. The Morgan fingerprint density at radius 1 is 0.889 bits per heavy atom. The van der Waals surface area contributed by atoms with Crippen LogP contribution in [0.3, 0.4) is 0 Å². The van der Waals surface area contributed by atoms with Crippen molar-refractivity contribution < 1.29 is 13.2 Å². The fourth-order valence-corrected chi connectivity index (χ4v) is 4.99. The number of nitrogens with one attached hydrogen (secondary N) is 3. The predicted molar refractivity (Wildman–Crippen MR) is 142 cm³/mol. The van der Waals surface area contributed by atoms with Gasteiger partial charge in [0.25, 0.3) is 15.9 Å². The van der Waals surface area contributed by atoms with Gasteiger partial charge in [-0.25, -0.2) is 13.4 Å². The van der Waals surface area contributed by atoms with Crippen molar-refractivity contribution in [2.24, 2.45) is 0 Å². The fraction of sp³-hybridized carbons (Fsp3) is 0.0385. The number of rotatable bonds is 7. The Hall–Kier alpha value is -4.02. The van der Waals surface area contributed by atoms with E-state index in [1.165, 1.54) is 6.07 Å². The number of carbonyl (C=O) groups excluding carboxylic acids is 1. The summed E-state index contributed by atoms with van der Waals surface area (Å²) in [6.45, 7) is 0.134. The Labute approximate surface area is 216 Å². The third kappa shape index (κ3) is 5.29. The maximum absolute atomic E-state index is 12.9. The van der Waals surface area contributed by atoms with Crippen molar-refractivity contribution in [3.8, 4) is 11.4 Å². The summed E-state index contributed by atoms with van der Waals surface area (Å²) in [4.78, 5) is 17.3. The molecule has 0 saturated heterocycles. The minimum atomic E-state index is -3.84. The summed E-state index contributed by atoms with van der Waals surface area (Å²) in [6.07, 6.45) is 0. The second-order valence-corrected chi connectivity index (χ2v) is 10.6. The molecule has 0 aliphatic carbocycles. The number of anilines is 1. The van der Waals surface area contributed by atoms with E-state index in [0.717, 1.165) is 20.8 Å². The van der Waals surface area contributed by atoms with E-state index in [1.54, 1.807) is 36.4 Å². The van der Waals surface area contributed by atoms with Gasteiger partial charge < -0.3 is 5.32 Å². The molecule has 5 aromatic rings. The topological polar surface area (TPSA) is 117 Å². The summed E-state index contributed by atoms with van der Waals surface area (Å²) in [5, 5.41) is 11.6. The van der Waals surface area contributed by atoms with Gasteiger partial charge >= 0.3 is 0 Å². The Bertz CT molecular complexity index is 1670. The lowest BCUT2D eigenvalue weighted by atomic mass is 10.1. The van der Waals surface area contributed by atoms with Gasteiger partial charge in [0.1, 0.15) is 5.82 Å². The number of benzene rings is 4. The minimum Gasteiger partial charge on any atom is -0.345 e. The van der Waals surface area contributed by atoms with Crippen molar-refractivity contribution in [1.82, 2.24) is 20.5 Å². The van der Waals surface area contributed by atoms with Crippen LogP contribution in [-0.2, 0) is 16.6 Å². The van der Waals surface area contributed by atoms with Crippen LogP contribution in [0.5, 0.6) is 0 Å². The zero-order valence-electron chi connectivity index (χ0n) is 18.8. The Balaban J connectivity index is 1.26. The number of fused-ring (bicyclic) bond motifs is 1. The van der Waals surface area contributed by atoms with Gasteiger partial charge in [-0.3, -0.25) is 14.6 Å². The SMILES string of the molecule is O=C(NCc1nc(-c2ccc(Br)cc2)n[nH]1)c1cccc(NS(=O)(=O)c2ccc3ccccc3c2)c1. The highest BCUT2D eigenvalue weighted by atomic mass is 79.9. The summed E-state index contributed by atoms with van der Waals surface area (Å²) < 4.78 is 29.4. The summed E-state index contributed by atoms with van der Waals surface area (Å²) >= 11 is 3.39. The summed E-state index contributed by atoms with van der Waals surface area (Å²) in [5.74, 6) is 0.648. The van der Waals surface area contributed by atoms with Gasteiger partial charge in [-0.1, -0.05) is 64.5 Å². The lowest BCUT2D eigenvalue weighted by molar-refractivity contribution is 0.0950. The molecule has 8 nitrogen and oxygen atoms in total. The van der Waals surface area contributed by atoms with Crippen LogP contribution in [0.25, 0.3) is 22.2 Å². The quantitative estimate of drug-likeness (QED) is 0.255. The molecule has 0 bridgehead atoms. The molecule has 1 aromatic heterocycles. The normalized spacial score (nSPS) is 11.4. The second kappa shape index (κ2) is 9.92. The standard InChI is InChI=1S/C26H20BrN5O3S/c27-21-11-8-18(9-12-21)25-29-24(30-31-25)16-28-26(33)20-6-3-7-22(14-20)32-36(34,35)23-13-10-17-4-1-2-5-19(17)15-23/h1-15,32H,16H2,(H,28,33)(H,29,30,31). The lowest BCUT2D eigenvalue weighted by Crippen LogP contribution is -2.23. The zero-order chi connectivity index (χ0) is 25.1. The molecule has 0 radical (unpaired) electrons. The van der Waals surface area contributed by atoms with Crippen LogP contribution >= 0.6 is 15.9 Å². The van der Waals surface area contributed by atoms with Crippen LogP contribution in [-0.4, -0.2) is 29.5 Å². The fourth-order valence-electron chi connectivity index (χ4n) is 3.64.